The molecular weight excluding hydrogens is 204 g/mol. The van der Waals surface area contributed by atoms with Gasteiger partial charge >= 0.3 is 0 Å². The first-order valence-corrected chi connectivity index (χ1v) is 5.98. The Kier molecular flexibility index (Phi) is 3.11. The van der Waals surface area contributed by atoms with Crippen LogP contribution in [0.2, 0.25) is 0 Å². The van der Waals surface area contributed by atoms with Crippen LogP contribution in [-0.2, 0) is 6.42 Å². The summed E-state index contributed by atoms with van der Waals surface area (Å²) < 4.78 is 0. The smallest absolute Gasteiger partial charge is 0.141 e. The Bertz CT molecular complexity index is 404. The minimum absolute atomic E-state index is 0.678. The Morgan fingerprint density at radius 1 is 1.27 bits per heavy atom. The van der Waals surface area contributed by atoms with Crippen molar-refractivity contribution in [1.82, 2.24) is 9.97 Å². The molecule has 2 nitrogen and oxygen atoms in total. The van der Waals surface area contributed by atoms with Crippen LogP contribution in [0.15, 0.2) is 29.9 Å². The topological polar surface area (TPSA) is 25.8 Å². The molecule has 0 unspecified atom stereocenters. The zero-order valence-electron chi connectivity index (χ0n) is 8.97. The second-order valence-electron chi connectivity index (χ2n) is 3.99. The van der Waals surface area contributed by atoms with Gasteiger partial charge in [-0.2, -0.15) is 0 Å². The van der Waals surface area contributed by atoms with Gasteiger partial charge in [-0.15, -0.1) is 11.3 Å². The lowest BCUT2D eigenvalue weighted by Crippen LogP contribution is -1.94. The van der Waals surface area contributed by atoms with Crippen LogP contribution in [0.5, 0.6) is 0 Å². The molecule has 0 aliphatic rings. The number of hydrogen-bond acceptors (Lipinski definition) is 3. The summed E-state index contributed by atoms with van der Waals surface area (Å²) in [7, 11) is 0. The van der Waals surface area contributed by atoms with Crippen LogP contribution < -0.4 is 0 Å². The molecular formula is C12H14N2S. The van der Waals surface area contributed by atoms with Gasteiger partial charge in [0.25, 0.3) is 0 Å². The minimum atomic E-state index is 0.678. The summed E-state index contributed by atoms with van der Waals surface area (Å²) in [6.07, 6.45) is 4.85. The van der Waals surface area contributed by atoms with Crippen molar-refractivity contribution in [1.29, 1.82) is 0 Å². The largest absolute Gasteiger partial charge is 0.253 e. The summed E-state index contributed by atoms with van der Waals surface area (Å²) in [5, 5.41) is 2.96. The summed E-state index contributed by atoms with van der Waals surface area (Å²) in [4.78, 5) is 8.66. The number of pyridine rings is 1. The van der Waals surface area contributed by atoms with E-state index in [0.717, 1.165) is 17.1 Å². The van der Waals surface area contributed by atoms with Crippen LogP contribution in [0.4, 0.5) is 0 Å². The van der Waals surface area contributed by atoms with Crippen LogP contribution in [0.25, 0.3) is 10.7 Å². The van der Waals surface area contributed by atoms with Gasteiger partial charge < -0.3 is 0 Å². The van der Waals surface area contributed by atoms with Crippen LogP contribution in [0, 0.1) is 5.92 Å². The monoisotopic (exact) mass is 218 g/mol. The second-order valence-corrected chi connectivity index (χ2v) is 4.88. The molecule has 0 N–H and O–H groups in total. The third kappa shape index (κ3) is 2.63. The Balaban J connectivity index is 2.17. The van der Waals surface area contributed by atoms with E-state index in [1.807, 2.05) is 17.8 Å². The Morgan fingerprint density at radius 2 is 2.13 bits per heavy atom. The van der Waals surface area contributed by atoms with Gasteiger partial charge in [0.2, 0.25) is 0 Å². The standard InChI is InChI=1S/C12H14N2S/c1-9(2)7-10-3-4-11(14-8-10)12-13-5-6-15-12/h3-6,8-9H,7H2,1-2H3. The highest BCUT2D eigenvalue weighted by Crippen LogP contribution is 2.19. The highest BCUT2D eigenvalue weighted by atomic mass is 32.1. The number of thiazole rings is 1. The predicted molar refractivity (Wildman–Crippen MR) is 63.9 cm³/mol. The highest BCUT2D eigenvalue weighted by molar-refractivity contribution is 7.13. The lowest BCUT2D eigenvalue weighted by molar-refractivity contribution is 0.646. The molecule has 0 saturated carbocycles. The first-order chi connectivity index (χ1) is 7.25. The fraction of sp³-hybridized carbons (Fsp3) is 0.333. The molecule has 0 radical (unpaired) electrons. The maximum Gasteiger partial charge on any atom is 0.141 e. The van der Waals surface area contributed by atoms with Crippen molar-refractivity contribution >= 4 is 11.3 Å². The molecule has 0 spiro atoms. The molecule has 0 atom stereocenters. The van der Waals surface area contributed by atoms with E-state index in [-0.39, 0.29) is 0 Å². The molecule has 78 valence electrons. The first kappa shape index (κ1) is 10.3. The number of aromatic nitrogens is 2. The van der Waals surface area contributed by atoms with Crippen molar-refractivity contribution in [3.05, 3.63) is 35.5 Å². The molecule has 2 aromatic rings. The zero-order valence-corrected chi connectivity index (χ0v) is 9.79. The third-order valence-electron chi connectivity index (χ3n) is 2.12. The fourth-order valence-corrected chi connectivity index (χ4v) is 2.11. The van der Waals surface area contributed by atoms with Gasteiger partial charge in [0.15, 0.2) is 0 Å². The first-order valence-electron chi connectivity index (χ1n) is 5.10. The summed E-state index contributed by atoms with van der Waals surface area (Å²) in [6, 6.07) is 4.19. The van der Waals surface area contributed by atoms with Gasteiger partial charge in [-0.3, -0.25) is 4.98 Å². The summed E-state index contributed by atoms with van der Waals surface area (Å²) >= 11 is 1.62. The van der Waals surface area contributed by atoms with Gasteiger partial charge in [-0.25, -0.2) is 4.98 Å². The van der Waals surface area contributed by atoms with E-state index in [1.165, 1.54) is 5.56 Å². The van der Waals surface area contributed by atoms with Gasteiger partial charge in [0, 0.05) is 17.8 Å². The van der Waals surface area contributed by atoms with E-state index in [4.69, 9.17) is 0 Å². The molecule has 0 saturated heterocycles. The molecule has 2 heterocycles. The summed E-state index contributed by atoms with van der Waals surface area (Å²) in [5.74, 6) is 0.678. The number of nitrogens with zero attached hydrogens (tertiary/aromatic N) is 2. The van der Waals surface area contributed by atoms with Gasteiger partial charge in [0.05, 0.1) is 5.69 Å². The Hall–Kier alpha value is -1.22. The highest BCUT2D eigenvalue weighted by Gasteiger charge is 2.02. The van der Waals surface area contributed by atoms with Crippen molar-refractivity contribution in [2.75, 3.05) is 0 Å². The van der Waals surface area contributed by atoms with Crippen LogP contribution in [0.3, 0.4) is 0 Å². The molecule has 0 fully saturated rings. The normalized spacial score (nSPS) is 10.9. The molecule has 0 aromatic carbocycles. The predicted octanol–water partition coefficient (Wildman–Crippen LogP) is 3.40. The Morgan fingerprint density at radius 3 is 2.67 bits per heavy atom. The lowest BCUT2D eigenvalue weighted by atomic mass is 10.0. The van der Waals surface area contributed by atoms with E-state index in [0.29, 0.717) is 5.92 Å². The Labute approximate surface area is 94.0 Å². The molecule has 0 bridgehead atoms. The summed E-state index contributed by atoms with van der Waals surface area (Å²) in [5.41, 5.74) is 2.27. The van der Waals surface area contributed by atoms with E-state index in [2.05, 4.69) is 35.9 Å². The van der Waals surface area contributed by atoms with Crippen LogP contribution >= 0.6 is 11.3 Å². The van der Waals surface area contributed by atoms with Crippen LogP contribution in [0.1, 0.15) is 19.4 Å². The maximum absolute atomic E-state index is 4.42. The summed E-state index contributed by atoms with van der Waals surface area (Å²) in [6.45, 7) is 4.43. The molecule has 2 rings (SSSR count). The maximum atomic E-state index is 4.42. The van der Waals surface area contributed by atoms with Crippen molar-refractivity contribution in [3.8, 4) is 10.7 Å². The third-order valence-corrected chi connectivity index (χ3v) is 2.92. The van der Waals surface area contributed by atoms with Gasteiger partial charge in [-0.1, -0.05) is 19.9 Å². The van der Waals surface area contributed by atoms with Gasteiger partial charge in [-0.05, 0) is 24.0 Å². The quantitative estimate of drug-likeness (QED) is 0.789. The van der Waals surface area contributed by atoms with E-state index >= 15 is 0 Å². The average molecular weight is 218 g/mol. The molecule has 0 aliphatic carbocycles. The molecule has 3 heteroatoms. The SMILES string of the molecule is CC(C)Cc1ccc(-c2nccs2)nc1. The average Bonchev–Trinajstić information content (AvgIpc) is 2.71. The van der Waals surface area contributed by atoms with E-state index < -0.39 is 0 Å². The van der Waals surface area contributed by atoms with E-state index in [1.54, 1.807) is 11.3 Å². The van der Waals surface area contributed by atoms with Crippen molar-refractivity contribution in [3.63, 3.8) is 0 Å². The lowest BCUT2D eigenvalue weighted by Gasteiger charge is -2.04. The van der Waals surface area contributed by atoms with E-state index in [9.17, 15) is 0 Å². The number of hydrogen-bond donors (Lipinski definition) is 0. The second kappa shape index (κ2) is 4.53. The van der Waals surface area contributed by atoms with Crippen molar-refractivity contribution in [2.45, 2.75) is 20.3 Å². The molecule has 15 heavy (non-hydrogen) atoms. The van der Waals surface area contributed by atoms with Crippen molar-refractivity contribution < 1.29 is 0 Å². The molecule has 2 aromatic heterocycles. The number of rotatable bonds is 3. The minimum Gasteiger partial charge on any atom is -0.253 e. The van der Waals surface area contributed by atoms with Crippen LogP contribution in [-0.4, -0.2) is 9.97 Å². The zero-order chi connectivity index (χ0) is 10.7. The fourth-order valence-electron chi connectivity index (χ4n) is 1.49. The van der Waals surface area contributed by atoms with Crippen molar-refractivity contribution in [2.24, 2.45) is 5.92 Å². The van der Waals surface area contributed by atoms with Gasteiger partial charge in [0.1, 0.15) is 5.01 Å². The molecule has 0 amide bonds. The molecule has 0 aliphatic heterocycles.